The first-order valence-corrected chi connectivity index (χ1v) is 11.1. The maximum absolute atomic E-state index is 7.16. The fourth-order valence-corrected chi connectivity index (χ4v) is 8.26. The van der Waals surface area contributed by atoms with Crippen LogP contribution in [0.5, 0.6) is 5.75 Å². The molecule has 0 aromatic heterocycles. The van der Waals surface area contributed by atoms with E-state index in [0.29, 0.717) is 24.1 Å². The van der Waals surface area contributed by atoms with Gasteiger partial charge in [0.05, 0.1) is 18.8 Å². The molecule has 1 N–H and O–H groups in total. The van der Waals surface area contributed by atoms with Crippen LogP contribution >= 0.6 is 0 Å². The molecule has 0 amide bonds. The highest BCUT2D eigenvalue weighted by Gasteiger charge is 2.77. The molecule has 3 saturated heterocycles. The highest BCUT2D eigenvalue weighted by molar-refractivity contribution is 5.52. The Morgan fingerprint density at radius 2 is 2.15 bits per heavy atom. The molecule has 4 nitrogen and oxygen atoms in total. The third kappa shape index (κ3) is 1.65. The topological polar surface area (TPSA) is 33.7 Å². The molecule has 3 heterocycles. The van der Waals surface area contributed by atoms with E-state index in [1.165, 1.54) is 45.1 Å². The molecule has 1 aromatic rings. The summed E-state index contributed by atoms with van der Waals surface area (Å²) in [6.45, 7) is 2.31. The van der Waals surface area contributed by atoms with Crippen molar-refractivity contribution < 1.29 is 9.47 Å². The molecule has 2 saturated carbocycles. The standard InChI is InChI=1S/C23H30N2O2/c1-26-16-6-5-14-11-20-23-8-7-18-21(19(27-23)13-24-18)22(23,17(14)12-16)9-10-25(20)15-3-2-4-15/h5-6,12,15,18-21,24H,2-4,7-11,13H2,1H3/t18?,19-,20?,21?,22?,23?/m1/s1. The van der Waals surface area contributed by atoms with E-state index >= 15 is 0 Å². The van der Waals surface area contributed by atoms with E-state index in [-0.39, 0.29) is 11.0 Å². The van der Waals surface area contributed by atoms with Crippen LogP contribution in [0.2, 0.25) is 0 Å². The monoisotopic (exact) mass is 366 g/mol. The lowest BCUT2D eigenvalue weighted by Crippen LogP contribution is -2.75. The number of ether oxygens (including phenoxy) is 2. The fraction of sp³-hybridized carbons (Fsp3) is 0.739. The van der Waals surface area contributed by atoms with Gasteiger partial charge >= 0.3 is 0 Å². The van der Waals surface area contributed by atoms with Gasteiger partial charge in [0.25, 0.3) is 0 Å². The lowest BCUT2D eigenvalue weighted by atomic mass is 9.46. The first kappa shape index (κ1) is 15.8. The van der Waals surface area contributed by atoms with Crippen LogP contribution in [-0.4, -0.2) is 54.9 Å². The Morgan fingerprint density at radius 1 is 1.22 bits per heavy atom. The molecule has 4 heteroatoms. The zero-order valence-electron chi connectivity index (χ0n) is 16.2. The van der Waals surface area contributed by atoms with Crippen molar-refractivity contribution in [3.63, 3.8) is 0 Å². The molecule has 5 fully saturated rings. The molecule has 3 aliphatic carbocycles. The van der Waals surface area contributed by atoms with Crippen molar-refractivity contribution in [1.29, 1.82) is 0 Å². The van der Waals surface area contributed by atoms with Crippen LogP contribution in [0.3, 0.4) is 0 Å². The molecule has 6 atom stereocenters. The summed E-state index contributed by atoms with van der Waals surface area (Å²) in [5.41, 5.74) is 3.37. The van der Waals surface area contributed by atoms with Gasteiger partial charge in [0.2, 0.25) is 0 Å². The number of hydrogen-bond acceptors (Lipinski definition) is 4. The molecule has 4 bridgehead atoms. The summed E-state index contributed by atoms with van der Waals surface area (Å²) in [7, 11) is 1.80. The highest BCUT2D eigenvalue weighted by atomic mass is 16.5. The summed E-state index contributed by atoms with van der Waals surface area (Å²) in [4.78, 5) is 2.89. The van der Waals surface area contributed by atoms with Crippen molar-refractivity contribution in [2.75, 3.05) is 20.2 Å². The Labute approximate surface area is 161 Å². The van der Waals surface area contributed by atoms with Gasteiger partial charge in [-0.15, -0.1) is 0 Å². The molecule has 3 aliphatic heterocycles. The fourth-order valence-electron chi connectivity index (χ4n) is 8.26. The summed E-state index contributed by atoms with van der Waals surface area (Å²) in [6, 6.07) is 8.94. The first-order valence-electron chi connectivity index (χ1n) is 11.1. The van der Waals surface area contributed by atoms with Gasteiger partial charge in [0.15, 0.2) is 0 Å². The van der Waals surface area contributed by atoms with Crippen molar-refractivity contribution in [2.24, 2.45) is 5.92 Å². The van der Waals surface area contributed by atoms with Crippen LogP contribution in [-0.2, 0) is 16.6 Å². The Morgan fingerprint density at radius 3 is 2.96 bits per heavy atom. The Balaban J connectivity index is 1.47. The van der Waals surface area contributed by atoms with Gasteiger partial charge in [-0.05, 0) is 68.3 Å². The minimum atomic E-state index is 0.0359. The number of methoxy groups -OCH3 is 1. The van der Waals surface area contributed by atoms with Crippen LogP contribution < -0.4 is 10.1 Å². The predicted molar refractivity (Wildman–Crippen MR) is 103 cm³/mol. The maximum atomic E-state index is 7.16. The van der Waals surface area contributed by atoms with Crippen LogP contribution in [0.15, 0.2) is 18.2 Å². The first-order chi connectivity index (χ1) is 13.3. The van der Waals surface area contributed by atoms with Crippen LogP contribution in [0.1, 0.15) is 49.7 Å². The lowest BCUT2D eigenvalue weighted by molar-refractivity contribution is -0.176. The van der Waals surface area contributed by atoms with E-state index < -0.39 is 0 Å². The predicted octanol–water partition coefficient (Wildman–Crippen LogP) is 2.64. The Bertz CT molecular complexity index is 808. The number of nitrogens with one attached hydrogen (secondary N) is 1. The molecule has 7 rings (SSSR count). The third-order valence-electron chi connectivity index (χ3n) is 9.39. The summed E-state index contributed by atoms with van der Waals surface area (Å²) in [5, 5.41) is 3.82. The molecule has 1 aromatic carbocycles. The number of fused-ring (bicyclic) bond motifs is 1. The number of hydrogen-bond donors (Lipinski definition) is 1. The van der Waals surface area contributed by atoms with Gasteiger partial charge < -0.3 is 14.8 Å². The van der Waals surface area contributed by atoms with Gasteiger partial charge in [-0.1, -0.05) is 12.5 Å². The molecular weight excluding hydrogens is 336 g/mol. The van der Waals surface area contributed by atoms with Crippen LogP contribution in [0.25, 0.3) is 0 Å². The molecule has 27 heavy (non-hydrogen) atoms. The second kappa shape index (κ2) is 5.08. The van der Waals surface area contributed by atoms with Gasteiger partial charge in [0.1, 0.15) is 5.75 Å². The largest absolute Gasteiger partial charge is 0.497 e. The van der Waals surface area contributed by atoms with E-state index in [1.54, 1.807) is 18.2 Å². The van der Waals surface area contributed by atoms with Crippen molar-refractivity contribution in [1.82, 2.24) is 10.2 Å². The smallest absolute Gasteiger partial charge is 0.119 e. The molecule has 6 aliphatic rings. The van der Waals surface area contributed by atoms with Crippen molar-refractivity contribution in [3.05, 3.63) is 29.3 Å². The van der Waals surface area contributed by atoms with E-state index in [2.05, 4.69) is 28.4 Å². The van der Waals surface area contributed by atoms with Crippen LogP contribution in [0.4, 0.5) is 0 Å². The number of piperidine rings is 1. The summed E-state index contributed by atoms with van der Waals surface area (Å²) >= 11 is 0. The number of benzene rings is 1. The number of likely N-dealkylation sites (tertiary alicyclic amines) is 1. The minimum absolute atomic E-state index is 0.0359. The molecule has 144 valence electrons. The van der Waals surface area contributed by atoms with Gasteiger partial charge in [0, 0.05) is 36.0 Å². The van der Waals surface area contributed by atoms with Crippen molar-refractivity contribution in [3.8, 4) is 5.75 Å². The van der Waals surface area contributed by atoms with Crippen molar-refractivity contribution in [2.45, 2.75) is 80.2 Å². The van der Waals surface area contributed by atoms with Gasteiger partial charge in [-0.25, -0.2) is 0 Å². The summed E-state index contributed by atoms with van der Waals surface area (Å²) in [5.74, 6) is 1.66. The number of nitrogens with zero attached hydrogens (tertiary/aromatic N) is 1. The third-order valence-corrected chi connectivity index (χ3v) is 9.39. The Kier molecular flexibility index (Phi) is 2.97. The van der Waals surface area contributed by atoms with Crippen LogP contribution in [0, 0.1) is 5.92 Å². The average Bonchev–Trinajstić information content (AvgIpc) is 3.12. The summed E-state index contributed by atoms with van der Waals surface area (Å²) in [6.07, 6.45) is 9.54. The minimum Gasteiger partial charge on any atom is -0.497 e. The normalized spacial score (nSPS) is 47.3. The number of rotatable bonds is 2. The van der Waals surface area contributed by atoms with E-state index in [4.69, 9.17) is 9.47 Å². The molecular formula is C23H30N2O2. The highest BCUT2D eigenvalue weighted by Crippen LogP contribution is 2.68. The SMILES string of the molecule is COc1ccc2c(c1)C13CCN(C4CCC4)C(C2)C12CCC1NC[C@@H](O2)C13. The molecule has 5 unspecified atom stereocenters. The van der Waals surface area contributed by atoms with Crippen molar-refractivity contribution >= 4 is 0 Å². The van der Waals surface area contributed by atoms with E-state index in [9.17, 15) is 0 Å². The summed E-state index contributed by atoms with van der Waals surface area (Å²) < 4.78 is 12.8. The zero-order valence-corrected chi connectivity index (χ0v) is 16.2. The zero-order chi connectivity index (χ0) is 17.8. The maximum Gasteiger partial charge on any atom is 0.119 e. The van der Waals surface area contributed by atoms with Gasteiger partial charge in [-0.3, -0.25) is 4.90 Å². The average molecular weight is 367 g/mol. The second-order valence-electron chi connectivity index (χ2n) is 9.91. The van der Waals surface area contributed by atoms with E-state index in [0.717, 1.165) is 24.8 Å². The quantitative estimate of drug-likeness (QED) is 0.873. The molecule has 0 radical (unpaired) electrons. The lowest BCUT2D eigenvalue weighted by Gasteiger charge is -2.66. The van der Waals surface area contributed by atoms with E-state index in [1.807, 2.05) is 0 Å². The Hall–Kier alpha value is -1.10. The second-order valence-corrected chi connectivity index (χ2v) is 9.91. The molecule has 0 spiro atoms. The van der Waals surface area contributed by atoms with Gasteiger partial charge in [-0.2, -0.15) is 0 Å².